The van der Waals surface area contributed by atoms with E-state index in [0.717, 1.165) is 24.1 Å². The highest BCUT2D eigenvalue weighted by Gasteiger charge is 2.24. The maximum Gasteiger partial charge on any atom is 0.118 e. The lowest BCUT2D eigenvalue weighted by atomic mass is 9.95. The fraction of sp³-hybridized carbons (Fsp3) is 0.625. The SMILES string of the molecule is COc1ccc(CCC(C)C(C)NC2CC2)cc1. The summed E-state index contributed by atoms with van der Waals surface area (Å²) in [5.74, 6) is 1.67. The molecule has 18 heavy (non-hydrogen) atoms. The quantitative estimate of drug-likeness (QED) is 0.797. The lowest BCUT2D eigenvalue weighted by Gasteiger charge is -2.21. The van der Waals surface area contributed by atoms with Crippen molar-refractivity contribution >= 4 is 0 Å². The van der Waals surface area contributed by atoms with Crippen molar-refractivity contribution in [1.82, 2.24) is 5.32 Å². The van der Waals surface area contributed by atoms with Crippen LogP contribution in [0, 0.1) is 5.92 Å². The number of methoxy groups -OCH3 is 1. The standard InChI is InChI=1S/C16H25NO/c1-12(13(2)17-15-8-9-15)4-5-14-6-10-16(18-3)11-7-14/h6-7,10-13,15,17H,4-5,8-9H2,1-3H3. The Morgan fingerprint density at radius 1 is 1.22 bits per heavy atom. The molecule has 1 aromatic carbocycles. The first kappa shape index (κ1) is 13.4. The summed E-state index contributed by atoms with van der Waals surface area (Å²) in [6.45, 7) is 4.67. The van der Waals surface area contributed by atoms with Crippen LogP contribution in [0.3, 0.4) is 0 Å². The highest BCUT2D eigenvalue weighted by Crippen LogP contribution is 2.22. The van der Waals surface area contributed by atoms with Gasteiger partial charge in [0.05, 0.1) is 7.11 Å². The molecule has 1 fully saturated rings. The van der Waals surface area contributed by atoms with E-state index in [0.29, 0.717) is 6.04 Å². The van der Waals surface area contributed by atoms with Crippen molar-refractivity contribution in [3.63, 3.8) is 0 Å². The van der Waals surface area contributed by atoms with Gasteiger partial charge in [-0.25, -0.2) is 0 Å². The van der Waals surface area contributed by atoms with Gasteiger partial charge in [-0.2, -0.15) is 0 Å². The second-order valence-corrected chi connectivity index (χ2v) is 5.59. The van der Waals surface area contributed by atoms with E-state index in [1.807, 2.05) is 12.1 Å². The van der Waals surface area contributed by atoms with E-state index >= 15 is 0 Å². The molecule has 2 heteroatoms. The lowest BCUT2D eigenvalue weighted by Crippen LogP contribution is -2.33. The number of aryl methyl sites for hydroxylation is 1. The van der Waals surface area contributed by atoms with Crippen LogP contribution in [0.5, 0.6) is 5.75 Å². The topological polar surface area (TPSA) is 21.3 Å². The maximum atomic E-state index is 5.17. The Hall–Kier alpha value is -1.02. The first-order valence-electron chi connectivity index (χ1n) is 7.08. The zero-order valence-corrected chi connectivity index (χ0v) is 11.8. The van der Waals surface area contributed by atoms with Crippen molar-refractivity contribution in [2.75, 3.05) is 7.11 Å². The van der Waals surface area contributed by atoms with Gasteiger partial charge in [-0.15, -0.1) is 0 Å². The van der Waals surface area contributed by atoms with Crippen LogP contribution >= 0.6 is 0 Å². The van der Waals surface area contributed by atoms with Gasteiger partial charge in [0.2, 0.25) is 0 Å². The Balaban J connectivity index is 1.74. The van der Waals surface area contributed by atoms with Crippen molar-refractivity contribution in [3.8, 4) is 5.75 Å². The Labute approximate surface area is 111 Å². The van der Waals surface area contributed by atoms with Crippen molar-refractivity contribution in [1.29, 1.82) is 0 Å². The predicted molar refractivity (Wildman–Crippen MR) is 76.1 cm³/mol. The van der Waals surface area contributed by atoms with E-state index < -0.39 is 0 Å². The fourth-order valence-electron chi connectivity index (χ4n) is 2.22. The molecule has 0 heterocycles. The summed E-state index contributed by atoms with van der Waals surface area (Å²) in [5.41, 5.74) is 1.40. The molecule has 1 saturated carbocycles. The van der Waals surface area contributed by atoms with Gasteiger partial charge in [0.15, 0.2) is 0 Å². The van der Waals surface area contributed by atoms with Crippen LogP contribution < -0.4 is 10.1 Å². The molecule has 0 aromatic heterocycles. The summed E-state index contributed by atoms with van der Waals surface area (Å²) in [6.07, 6.45) is 5.14. The largest absolute Gasteiger partial charge is 0.497 e. The molecule has 0 amide bonds. The van der Waals surface area contributed by atoms with Crippen LogP contribution in [-0.2, 0) is 6.42 Å². The van der Waals surface area contributed by atoms with Crippen LogP contribution in [0.25, 0.3) is 0 Å². The molecule has 2 nitrogen and oxygen atoms in total. The minimum Gasteiger partial charge on any atom is -0.497 e. The minimum atomic E-state index is 0.635. The maximum absolute atomic E-state index is 5.17. The number of rotatable bonds is 7. The summed E-state index contributed by atoms with van der Waals surface area (Å²) >= 11 is 0. The molecule has 0 spiro atoms. The van der Waals surface area contributed by atoms with Crippen LogP contribution in [-0.4, -0.2) is 19.2 Å². The van der Waals surface area contributed by atoms with Gasteiger partial charge in [-0.05, 0) is 56.2 Å². The third-order valence-corrected chi connectivity index (χ3v) is 3.98. The van der Waals surface area contributed by atoms with Crippen molar-refractivity contribution in [3.05, 3.63) is 29.8 Å². The zero-order valence-electron chi connectivity index (χ0n) is 11.8. The molecule has 1 aliphatic carbocycles. The molecular weight excluding hydrogens is 222 g/mol. The Bertz CT molecular complexity index is 356. The van der Waals surface area contributed by atoms with Crippen LogP contribution in [0.15, 0.2) is 24.3 Å². The molecule has 0 bridgehead atoms. The first-order valence-corrected chi connectivity index (χ1v) is 7.08. The second-order valence-electron chi connectivity index (χ2n) is 5.59. The van der Waals surface area contributed by atoms with E-state index in [2.05, 4.69) is 31.3 Å². The molecule has 0 aliphatic heterocycles. The second kappa shape index (κ2) is 6.24. The van der Waals surface area contributed by atoms with Crippen LogP contribution in [0.4, 0.5) is 0 Å². The smallest absolute Gasteiger partial charge is 0.118 e. The highest BCUT2D eigenvalue weighted by molar-refractivity contribution is 5.27. The van der Waals surface area contributed by atoms with E-state index in [-0.39, 0.29) is 0 Å². The molecular formula is C16H25NO. The predicted octanol–water partition coefficient (Wildman–Crippen LogP) is 3.40. The van der Waals surface area contributed by atoms with Crippen LogP contribution in [0.2, 0.25) is 0 Å². The van der Waals surface area contributed by atoms with Gasteiger partial charge in [0.25, 0.3) is 0 Å². The van der Waals surface area contributed by atoms with Crippen molar-refractivity contribution in [2.45, 2.75) is 51.6 Å². The minimum absolute atomic E-state index is 0.635. The Morgan fingerprint density at radius 3 is 2.44 bits per heavy atom. The number of ether oxygens (including phenoxy) is 1. The van der Waals surface area contributed by atoms with E-state index in [1.54, 1.807) is 7.11 Å². The molecule has 2 rings (SSSR count). The van der Waals surface area contributed by atoms with E-state index in [9.17, 15) is 0 Å². The zero-order chi connectivity index (χ0) is 13.0. The number of nitrogens with one attached hydrogen (secondary N) is 1. The third kappa shape index (κ3) is 4.02. The molecule has 1 aliphatic rings. The summed E-state index contributed by atoms with van der Waals surface area (Å²) in [6, 6.07) is 9.88. The monoisotopic (exact) mass is 247 g/mol. The molecule has 1 N–H and O–H groups in total. The average Bonchev–Trinajstić information content (AvgIpc) is 3.20. The Morgan fingerprint density at radius 2 is 1.89 bits per heavy atom. The average molecular weight is 247 g/mol. The lowest BCUT2D eigenvalue weighted by molar-refractivity contribution is 0.377. The molecule has 0 radical (unpaired) electrons. The molecule has 1 aromatic rings. The summed E-state index contributed by atoms with van der Waals surface area (Å²) in [5, 5.41) is 3.69. The fourth-order valence-corrected chi connectivity index (χ4v) is 2.22. The van der Waals surface area contributed by atoms with Crippen molar-refractivity contribution in [2.24, 2.45) is 5.92 Å². The van der Waals surface area contributed by atoms with Crippen molar-refractivity contribution < 1.29 is 4.74 Å². The highest BCUT2D eigenvalue weighted by atomic mass is 16.5. The number of benzene rings is 1. The van der Waals surface area contributed by atoms with Gasteiger partial charge in [0, 0.05) is 12.1 Å². The molecule has 100 valence electrons. The summed E-state index contributed by atoms with van der Waals surface area (Å²) in [4.78, 5) is 0. The number of hydrogen-bond acceptors (Lipinski definition) is 2. The third-order valence-electron chi connectivity index (χ3n) is 3.98. The molecule has 0 saturated heterocycles. The first-order chi connectivity index (χ1) is 8.69. The molecule has 2 atom stereocenters. The van der Waals surface area contributed by atoms with E-state index in [4.69, 9.17) is 4.74 Å². The number of hydrogen-bond donors (Lipinski definition) is 1. The van der Waals surface area contributed by atoms with E-state index in [1.165, 1.54) is 24.8 Å². The summed E-state index contributed by atoms with van der Waals surface area (Å²) < 4.78 is 5.17. The van der Waals surface area contributed by atoms with Gasteiger partial charge in [0.1, 0.15) is 5.75 Å². The normalized spacial score (nSPS) is 18.4. The van der Waals surface area contributed by atoms with Crippen LogP contribution in [0.1, 0.15) is 38.7 Å². The summed E-state index contributed by atoms with van der Waals surface area (Å²) in [7, 11) is 1.71. The van der Waals surface area contributed by atoms with Gasteiger partial charge >= 0.3 is 0 Å². The van der Waals surface area contributed by atoms with Gasteiger partial charge < -0.3 is 10.1 Å². The van der Waals surface area contributed by atoms with Gasteiger partial charge in [-0.3, -0.25) is 0 Å². The molecule has 2 unspecified atom stereocenters. The Kier molecular flexibility index (Phi) is 4.65. The van der Waals surface area contributed by atoms with Gasteiger partial charge in [-0.1, -0.05) is 19.1 Å².